The van der Waals surface area contributed by atoms with Crippen LogP contribution in [0.1, 0.15) is 25.0 Å². The van der Waals surface area contributed by atoms with Crippen LogP contribution in [-0.4, -0.2) is 12.5 Å². The van der Waals surface area contributed by atoms with E-state index in [9.17, 15) is 0 Å². The Bertz CT molecular complexity index is 433. The van der Waals surface area contributed by atoms with Crippen LogP contribution in [0.4, 0.5) is 0 Å². The third-order valence-electron chi connectivity index (χ3n) is 2.67. The van der Waals surface area contributed by atoms with Gasteiger partial charge in [-0.2, -0.15) is 23.5 Å². The minimum atomic E-state index is 1.11. The summed E-state index contributed by atoms with van der Waals surface area (Å²) in [5.74, 6) is 2.22. The summed E-state index contributed by atoms with van der Waals surface area (Å²) in [5, 5.41) is 2.72. The van der Waals surface area contributed by atoms with E-state index in [4.69, 9.17) is 0 Å². The summed E-state index contributed by atoms with van der Waals surface area (Å²) in [7, 11) is 0. The molecule has 0 heterocycles. The zero-order chi connectivity index (χ0) is 13.4. The number of hydrogen-bond donors (Lipinski definition) is 0. The van der Waals surface area contributed by atoms with Gasteiger partial charge in [0.25, 0.3) is 0 Å². The average Bonchev–Trinajstić information content (AvgIpc) is 2.42. The first-order valence-electron chi connectivity index (χ1n) is 6.33. The van der Waals surface area contributed by atoms with Gasteiger partial charge in [-0.3, -0.25) is 0 Å². The molecule has 98 valence electrons. The van der Waals surface area contributed by atoms with E-state index in [1.54, 1.807) is 0 Å². The van der Waals surface area contributed by atoms with Gasteiger partial charge in [0.1, 0.15) is 0 Å². The van der Waals surface area contributed by atoms with Crippen molar-refractivity contribution in [2.75, 3.05) is 12.5 Å². The maximum absolute atomic E-state index is 2.34. The largest absolute Gasteiger partial charge is 0.161 e. The van der Waals surface area contributed by atoms with Crippen molar-refractivity contribution in [2.24, 2.45) is 0 Å². The monoisotopic (exact) mass is 278 g/mol. The second-order valence-electron chi connectivity index (χ2n) is 3.83. The SMILES string of the molecule is CC.CSCc1cc2ccccc2cc1CSC. The molecule has 0 aliphatic carbocycles. The minimum Gasteiger partial charge on any atom is -0.161 e. The summed E-state index contributed by atoms with van der Waals surface area (Å²) in [6.45, 7) is 4.00. The first-order chi connectivity index (χ1) is 8.85. The molecule has 0 aliphatic rings. The summed E-state index contributed by atoms with van der Waals surface area (Å²) >= 11 is 3.79. The van der Waals surface area contributed by atoms with Crippen molar-refractivity contribution in [1.82, 2.24) is 0 Å². The van der Waals surface area contributed by atoms with Crippen molar-refractivity contribution in [2.45, 2.75) is 25.4 Å². The lowest BCUT2D eigenvalue weighted by atomic mass is 10.0. The lowest BCUT2D eigenvalue weighted by Gasteiger charge is -2.09. The molecule has 0 nitrogen and oxygen atoms in total. The molecule has 2 heteroatoms. The number of fused-ring (bicyclic) bond motifs is 1. The molecule has 2 aromatic rings. The topological polar surface area (TPSA) is 0 Å². The second kappa shape index (κ2) is 8.49. The fourth-order valence-electron chi connectivity index (χ4n) is 1.91. The zero-order valence-electron chi connectivity index (χ0n) is 11.7. The molecule has 0 unspecified atom stereocenters. The van der Waals surface area contributed by atoms with Crippen molar-refractivity contribution < 1.29 is 0 Å². The zero-order valence-corrected chi connectivity index (χ0v) is 13.3. The molecule has 2 rings (SSSR count). The standard InChI is InChI=1S/C14H16S2.C2H6/c1-15-9-13-7-11-5-3-4-6-12(11)8-14(13)10-16-2;1-2/h3-8H,9-10H2,1-2H3;1-2H3. The molecule has 0 bridgehead atoms. The van der Waals surface area contributed by atoms with Crippen molar-refractivity contribution in [1.29, 1.82) is 0 Å². The Morgan fingerprint density at radius 3 is 1.50 bits per heavy atom. The van der Waals surface area contributed by atoms with E-state index < -0.39 is 0 Å². The second-order valence-corrected chi connectivity index (χ2v) is 5.57. The Labute approximate surface area is 120 Å². The molecule has 0 atom stereocenters. The van der Waals surface area contributed by atoms with Gasteiger partial charge >= 0.3 is 0 Å². The maximum atomic E-state index is 2.34. The van der Waals surface area contributed by atoms with Gasteiger partial charge in [-0.15, -0.1) is 0 Å². The van der Waals surface area contributed by atoms with E-state index >= 15 is 0 Å². The molecular formula is C16H22S2. The van der Waals surface area contributed by atoms with Crippen LogP contribution in [0.5, 0.6) is 0 Å². The van der Waals surface area contributed by atoms with Gasteiger partial charge in [-0.1, -0.05) is 50.2 Å². The Hall–Kier alpha value is -0.600. The third kappa shape index (κ3) is 3.96. The molecule has 0 spiro atoms. The Kier molecular flexibility index (Phi) is 7.29. The van der Waals surface area contributed by atoms with Gasteiger partial charge in [0.2, 0.25) is 0 Å². The Morgan fingerprint density at radius 1 is 0.778 bits per heavy atom. The van der Waals surface area contributed by atoms with E-state index in [0.29, 0.717) is 0 Å². The number of hydrogen-bond acceptors (Lipinski definition) is 2. The van der Waals surface area contributed by atoms with Crippen molar-refractivity contribution in [3.63, 3.8) is 0 Å². The van der Waals surface area contributed by atoms with Crippen molar-refractivity contribution in [3.05, 3.63) is 47.5 Å². The lowest BCUT2D eigenvalue weighted by Crippen LogP contribution is -1.91. The molecule has 0 saturated heterocycles. The van der Waals surface area contributed by atoms with Crippen molar-refractivity contribution in [3.8, 4) is 0 Å². The lowest BCUT2D eigenvalue weighted by molar-refractivity contribution is 1.30. The molecule has 0 aromatic heterocycles. The molecule has 0 saturated carbocycles. The van der Waals surface area contributed by atoms with Crippen molar-refractivity contribution >= 4 is 34.3 Å². The van der Waals surface area contributed by atoms with Gasteiger partial charge in [0, 0.05) is 11.5 Å². The van der Waals surface area contributed by atoms with Gasteiger partial charge in [-0.05, 0) is 34.4 Å². The molecule has 2 aromatic carbocycles. The molecular weight excluding hydrogens is 256 g/mol. The van der Waals surface area contributed by atoms with E-state index in [0.717, 1.165) is 11.5 Å². The quantitative estimate of drug-likeness (QED) is 0.715. The van der Waals surface area contributed by atoms with Gasteiger partial charge in [0.05, 0.1) is 0 Å². The Morgan fingerprint density at radius 2 is 1.17 bits per heavy atom. The summed E-state index contributed by atoms with van der Waals surface area (Å²) in [6.07, 6.45) is 4.33. The average molecular weight is 278 g/mol. The van der Waals surface area contributed by atoms with E-state index in [1.165, 1.54) is 21.9 Å². The van der Waals surface area contributed by atoms with Crippen LogP contribution in [-0.2, 0) is 11.5 Å². The van der Waals surface area contributed by atoms with Gasteiger partial charge in [-0.25, -0.2) is 0 Å². The summed E-state index contributed by atoms with van der Waals surface area (Å²) in [6, 6.07) is 13.3. The van der Waals surface area contributed by atoms with E-state index in [1.807, 2.05) is 37.4 Å². The van der Waals surface area contributed by atoms with E-state index in [2.05, 4.69) is 48.9 Å². The normalized spacial score (nSPS) is 10.0. The maximum Gasteiger partial charge on any atom is 0.0185 e. The van der Waals surface area contributed by atoms with Crippen LogP contribution in [0.25, 0.3) is 10.8 Å². The molecule has 0 fully saturated rings. The van der Waals surface area contributed by atoms with Crippen LogP contribution >= 0.6 is 23.5 Å². The highest BCUT2D eigenvalue weighted by Gasteiger charge is 2.04. The number of benzene rings is 2. The number of rotatable bonds is 4. The summed E-state index contributed by atoms with van der Waals surface area (Å²) in [4.78, 5) is 0. The van der Waals surface area contributed by atoms with Gasteiger partial charge < -0.3 is 0 Å². The Balaban J connectivity index is 0.000000771. The minimum absolute atomic E-state index is 1.11. The first-order valence-corrected chi connectivity index (χ1v) is 9.12. The molecule has 0 amide bonds. The fraction of sp³-hybridized carbons (Fsp3) is 0.375. The van der Waals surface area contributed by atoms with Crippen LogP contribution in [0.15, 0.2) is 36.4 Å². The smallest absolute Gasteiger partial charge is 0.0185 e. The molecule has 0 radical (unpaired) electrons. The first kappa shape index (κ1) is 15.5. The fourth-order valence-corrected chi connectivity index (χ4v) is 3.07. The highest BCUT2D eigenvalue weighted by molar-refractivity contribution is 7.98. The summed E-state index contributed by atoms with van der Waals surface area (Å²) in [5.41, 5.74) is 2.97. The molecule has 0 N–H and O–H groups in total. The van der Waals surface area contributed by atoms with E-state index in [-0.39, 0.29) is 0 Å². The predicted molar refractivity (Wildman–Crippen MR) is 89.7 cm³/mol. The van der Waals surface area contributed by atoms with Gasteiger partial charge in [0.15, 0.2) is 0 Å². The highest BCUT2D eigenvalue weighted by atomic mass is 32.2. The van der Waals surface area contributed by atoms with Crippen LogP contribution < -0.4 is 0 Å². The third-order valence-corrected chi connectivity index (χ3v) is 3.87. The highest BCUT2D eigenvalue weighted by Crippen LogP contribution is 2.25. The van der Waals surface area contributed by atoms with Crippen LogP contribution in [0, 0.1) is 0 Å². The molecule has 18 heavy (non-hydrogen) atoms. The predicted octanol–water partition coefficient (Wildman–Crippen LogP) is 5.59. The summed E-state index contributed by atoms with van der Waals surface area (Å²) < 4.78 is 0. The van der Waals surface area contributed by atoms with Crippen LogP contribution in [0.2, 0.25) is 0 Å². The van der Waals surface area contributed by atoms with Crippen LogP contribution in [0.3, 0.4) is 0 Å². The number of thioether (sulfide) groups is 2. The molecule has 0 aliphatic heterocycles.